The van der Waals surface area contributed by atoms with Crippen LogP contribution in [0.2, 0.25) is 10.0 Å². The van der Waals surface area contributed by atoms with Gasteiger partial charge in [-0.3, -0.25) is 14.8 Å². The molecule has 0 bridgehead atoms. The van der Waals surface area contributed by atoms with Gasteiger partial charge in [-0.05, 0) is 49.2 Å². The normalized spacial score (nSPS) is 14.5. The van der Waals surface area contributed by atoms with Crippen LogP contribution in [0.25, 0.3) is 0 Å². The van der Waals surface area contributed by atoms with E-state index in [1.165, 1.54) is 47.8 Å². The summed E-state index contributed by atoms with van der Waals surface area (Å²) in [4.78, 5) is 12.4. The van der Waals surface area contributed by atoms with Gasteiger partial charge in [-0.2, -0.15) is 12.7 Å². The van der Waals surface area contributed by atoms with Crippen LogP contribution < -0.4 is 14.8 Å². The van der Waals surface area contributed by atoms with Crippen LogP contribution in [0.4, 0.5) is 10.8 Å². The second-order valence-corrected chi connectivity index (χ2v) is 13.1. The van der Waals surface area contributed by atoms with Crippen LogP contribution in [0.3, 0.4) is 0 Å². The van der Waals surface area contributed by atoms with Crippen LogP contribution in [0, 0.1) is 0 Å². The lowest BCUT2D eigenvalue weighted by Crippen LogP contribution is -2.28. The number of anilines is 2. The second kappa shape index (κ2) is 10.5. The summed E-state index contributed by atoms with van der Waals surface area (Å²) in [5.74, 6) is -0.527. The molecule has 192 valence electrons. The molecule has 3 aromatic rings. The summed E-state index contributed by atoms with van der Waals surface area (Å²) in [6.45, 7) is 0.797. The monoisotopic (exact) mass is 591 g/mol. The zero-order valence-corrected chi connectivity index (χ0v) is 22.5. The average molecular weight is 593 g/mol. The Morgan fingerprint density at radius 2 is 1.78 bits per heavy atom. The molecule has 36 heavy (non-hydrogen) atoms. The number of hydrogen-bond donors (Lipinski definition) is 2. The van der Waals surface area contributed by atoms with Gasteiger partial charge in [0.2, 0.25) is 15.2 Å². The van der Waals surface area contributed by atoms with Crippen molar-refractivity contribution in [3.05, 3.63) is 52.0 Å². The van der Waals surface area contributed by atoms with Gasteiger partial charge in [0.25, 0.3) is 20.3 Å². The molecule has 1 amide bonds. The SMILES string of the molecule is COc1ccc(S(=O)(=O)N2CCCC2)cc1NS(=O)(=O)c1nnc(NC(=O)c2ccc(Cl)cc2Cl)s1. The van der Waals surface area contributed by atoms with Gasteiger partial charge in [0.15, 0.2) is 0 Å². The Hall–Kier alpha value is -2.49. The van der Waals surface area contributed by atoms with Gasteiger partial charge < -0.3 is 4.74 Å². The van der Waals surface area contributed by atoms with E-state index in [-0.39, 0.29) is 32.1 Å². The molecule has 1 saturated heterocycles. The average Bonchev–Trinajstić information content (AvgIpc) is 3.52. The summed E-state index contributed by atoms with van der Waals surface area (Å²) in [5.41, 5.74) is 0.0195. The number of nitrogens with one attached hydrogen (secondary N) is 2. The first kappa shape index (κ1) is 26.6. The predicted molar refractivity (Wildman–Crippen MR) is 136 cm³/mol. The van der Waals surface area contributed by atoms with E-state index in [1.54, 1.807) is 0 Å². The number of nitrogens with zero attached hydrogens (tertiary/aromatic N) is 3. The van der Waals surface area contributed by atoms with Gasteiger partial charge in [-0.15, -0.1) is 10.2 Å². The highest BCUT2D eigenvalue weighted by molar-refractivity contribution is 7.94. The van der Waals surface area contributed by atoms with E-state index in [0.29, 0.717) is 29.4 Å². The maximum Gasteiger partial charge on any atom is 0.291 e. The number of carbonyl (C=O) groups is 1. The Balaban J connectivity index is 1.56. The highest BCUT2D eigenvalue weighted by Crippen LogP contribution is 2.33. The molecule has 1 aliphatic rings. The fourth-order valence-corrected chi connectivity index (χ4v) is 7.40. The van der Waals surface area contributed by atoms with Crippen molar-refractivity contribution >= 4 is 71.3 Å². The third-order valence-electron chi connectivity index (χ3n) is 5.15. The Labute approximate surface area is 221 Å². The minimum atomic E-state index is -4.31. The maximum atomic E-state index is 13.0. The van der Waals surface area contributed by atoms with Crippen molar-refractivity contribution in [2.75, 3.05) is 30.2 Å². The van der Waals surface area contributed by atoms with Gasteiger partial charge in [-0.1, -0.05) is 34.5 Å². The van der Waals surface area contributed by atoms with E-state index >= 15 is 0 Å². The first-order chi connectivity index (χ1) is 17.0. The highest BCUT2D eigenvalue weighted by Gasteiger charge is 2.29. The molecular weight excluding hydrogens is 573 g/mol. The quantitative estimate of drug-likeness (QED) is 0.377. The lowest BCUT2D eigenvalue weighted by Gasteiger charge is -2.17. The van der Waals surface area contributed by atoms with Crippen molar-refractivity contribution < 1.29 is 26.4 Å². The lowest BCUT2D eigenvalue weighted by atomic mass is 10.2. The summed E-state index contributed by atoms with van der Waals surface area (Å²) in [6, 6.07) is 8.19. The molecule has 0 unspecified atom stereocenters. The smallest absolute Gasteiger partial charge is 0.291 e. The van der Waals surface area contributed by atoms with Crippen LogP contribution in [-0.4, -0.2) is 57.4 Å². The van der Waals surface area contributed by atoms with E-state index < -0.39 is 30.3 Å². The van der Waals surface area contributed by atoms with Gasteiger partial charge in [0.05, 0.1) is 28.3 Å². The molecule has 0 atom stereocenters. The van der Waals surface area contributed by atoms with Crippen molar-refractivity contribution in [2.45, 2.75) is 22.1 Å². The van der Waals surface area contributed by atoms with Crippen molar-refractivity contribution in [2.24, 2.45) is 0 Å². The molecule has 0 aliphatic carbocycles. The molecule has 2 heterocycles. The number of rotatable bonds is 8. The van der Waals surface area contributed by atoms with Gasteiger partial charge in [0, 0.05) is 18.1 Å². The minimum Gasteiger partial charge on any atom is -0.495 e. The zero-order valence-electron chi connectivity index (χ0n) is 18.6. The Bertz CT molecular complexity index is 1520. The molecule has 1 aromatic heterocycles. The summed E-state index contributed by atoms with van der Waals surface area (Å²) in [7, 11) is -6.78. The van der Waals surface area contributed by atoms with Gasteiger partial charge in [-0.25, -0.2) is 8.42 Å². The molecule has 0 spiro atoms. The van der Waals surface area contributed by atoms with E-state index in [4.69, 9.17) is 27.9 Å². The van der Waals surface area contributed by atoms with Gasteiger partial charge >= 0.3 is 0 Å². The number of hydrogen-bond acceptors (Lipinski definition) is 9. The summed E-state index contributed by atoms with van der Waals surface area (Å²) < 4.78 is 60.2. The number of halogens is 2. The molecular formula is C20H19Cl2N5O6S3. The number of carbonyl (C=O) groups excluding carboxylic acids is 1. The first-order valence-corrected chi connectivity index (χ1v) is 14.8. The Morgan fingerprint density at radius 3 is 2.44 bits per heavy atom. The van der Waals surface area contributed by atoms with E-state index in [2.05, 4.69) is 20.2 Å². The fraction of sp³-hybridized carbons (Fsp3) is 0.250. The number of aromatic nitrogens is 2. The van der Waals surface area contributed by atoms with Crippen molar-refractivity contribution in [1.82, 2.24) is 14.5 Å². The molecule has 4 rings (SSSR count). The van der Waals surface area contributed by atoms with Crippen molar-refractivity contribution in [3.8, 4) is 5.75 Å². The second-order valence-electron chi connectivity index (χ2n) is 7.53. The Kier molecular flexibility index (Phi) is 7.73. The van der Waals surface area contributed by atoms with Crippen molar-refractivity contribution in [1.29, 1.82) is 0 Å². The minimum absolute atomic E-state index is 0.0760. The topological polar surface area (TPSA) is 148 Å². The summed E-state index contributed by atoms with van der Waals surface area (Å²) in [5, 5.41) is 10.1. The van der Waals surface area contributed by atoms with Crippen LogP contribution in [0.1, 0.15) is 23.2 Å². The largest absolute Gasteiger partial charge is 0.495 e. The Morgan fingerprint density at radius 1 is 1.06 bits per heavy atom. The first-order valence-electron chi connectivity index (χ1n) is 10.3. The van der Waals surface area contributed by atoms with Crippen molar-refractivity contribution in [3.63, 3.8) is 0 Å². The number of ether oxygens (including phenoxy) is 1. The van der Waals surface area contributed by atoms with Crippen LogP contribution in [0.5, 0.6) is 5.75 Å². The number of sulfonamides is 2. The number of amides is 1. The maximum absolute atomic E-state index is 13.0. The molecule has 11 nitrogen and oxygen atoms in total. The fourth-order valence-electron chi connectivity index (χ4n) is 3.40. The molecule has 2 aromatic carbocycles. The van der Waals surface area contributed by atoms with E-state index in [9.17, 15) is 21.6 Å². The standard InChI is InChI=1S/C20H19Cl2N5O6S3/c1-33-17-7-5-13(36(31,32)27-8-2-3-9-27)11-16(17)26-35(29,30)20-25-24-19(34-20)23-18(28)14-6-4-12(21)10-15(14)22/h4-7,10-11,26H,2-3,8-9H2,1H3,(H,23,24,28). The zero-order chi connectivity index (χ0) is 26.1. The molecule has 2 N–H and O–H groups in total. The molecule has 16 heteroatoms. The third-order valence-corrected chi connectivity index (χ3v) is 10.2. The predicted octanol–water partition coefficient (Wildman–Crippen LogP) is 3.69. The summed E-state index contributed by atoms with van der Waals surface area (Å²) in [6.07, 6.45) is 1.52. The third kappa shape index (κ3) is 5.58. The highest BCUT2D eigenvalue weighted by atomic mass is 35.5. The van der Waals surface area contributed by atoms with Gasteiger partial charge in [0.1, 0.15) is 5.75 Å². The van der Waals surface area contributed by atoms with E-state index in [0.717, 1.165) is 12.8 Å². The van der Waals surface area contributed by atoms with Crippen LogP contribution in [0.15, 0.2) is 45.6 Å². The lowest BCUT2D eigenvalue weighted by molar-refractivity contribution is 0.102. The molecule has 1 aliphatic heterocycles. The molecule has 1 fully saturated rings. The van der Waals surface area contributed by atoms with Crippen LogP contribution >= 0.6 is 34.5 Å². The molecule has 0 saturated carbocycles. The number of methoxy groups -OCH3 is 1. The number of benzene rings is 2. The summed E-state index contributed by atoms with van der Waals surface area (Å²) >= 11 is 12.5. The van der Waals surface area contributed by atoms with E-state index in [1.807, 2.05) is 0 Å². The molecule has 0 radical (unpaired) electrons. The van der Waals surface area contributed by atoms with Crippen LogP contribution in [-0.2, 0) is 20.0 Å².